The number of nitrogen functional groups attached to an aromatic ring is 1. The van der Waals surface area contributed by atoms with Crippen molar-refractivity contribution in [2.24, 2.45) is 0 Å². The Bertz CT molecular complexity index is 885. The van der Waals surface area contributed by atoms with Crippen LogP contribution in [0.25, 0.3) is 11.4 Å². The third kappa shape index (κ3) is 4.21. The van der Waals surface area contributed by atoms with E-state index in [1.165, 1.54) is 16.4 Å². The predicted molar refractivity (Wildman–Crippen MR) is 103 cm³/mol. The summed E-state index contributed by atoms with van der Waals surface area (Å²) in [7, 11) is 0. The summed E-state index contributed by atoms with van der Waals surface area (Å²) in [6, 6.07) is 13.1. The average molecular weight is 395 g/mol. The molecule has 0 bridgehead atoms. The molecular formula is C17H16Cl2N4OS. The summed E-state index contributed by atoms with van der Waals surface area (Å²) < 4.78 is 6.99. The van der Waals surface area contributed by atoms with Gasteiger partial charge in [0, 0.05) is 11.3 Å². The number of hydrogen-bond acceptors (Lipinski definition) is 5. The molecule has 3 rings (SSSR count). The number of aromatic nitrogens is 3. The lowest BCUT2D eigenvalue weighted by Crippen LogP contribution is -2.11. The van der Waals surface area contributed by atoms with Gasteiger partial charge in [-0.2, -0.15) is 0 Å². The molecule has 0 fully saturated rings. The average Bonchev–Trinajstić information content (AvgIpc) is 2.97. The van der Waals surface area contributed by atoms with E-state index in [0.717, 1.165) is 16.9 Å². The molecule has 0 unspecified atom stereocenters. The number of nitrogens with zero attached hydrogens (tertiary/aromatic N) is 3. The van der Waals surface area contributed by atoms with Gasteiger partial charge in [-0.3, -0.25) is 0 Å². The SMILES string of the molecule is CCOc1cccc(-c2nnc(SCc3ccc(Cl)c(Cl)c3)n2N)c1. The van der Waals surface area contributed by atoms with E-state index < -0.39 is 0 Å². The van der Waals surface area contributed by atoms with Crippen LogP contribution >= 0.6 is 35.0 Å². The Kier molecular flexibility index (Phi) is 5.73. The van der Waals surface area contributed by atoms with E-state index in [1.54, 1.807) is 6.07 Å². The van der Waals surface area contributed by atoms with Crippen LogP contribution in [0.1, 0.15) is 12.5 Å². The second-order valence-electron chi connectivity index (χ2n) is 5.17. The number of thioether (sulfide) groups is 1. The molecule has 3 aromatic rings. The first-order valence-electron chi connectivity index (χ1n) is 7.59. The zero-order valence-corrected chi connectivity index (χ0v) is 15.8. The van der Waals surface area contributed by atoms with Crippen molar-refractivity contribution < 1.29 is 4.74 Å². The molecule has 5 nitrogen and oxygen atoms in total. The third-order valence-electron chi connectivity index (χ3n) is 3.42. The first-order chi connectivity index (χ1) is 12.1. The first-order valence-corrected chi connectivity index (χ1v) is 9.33. The second kappa shape index (κ2) is 7.99. The van der Waals surface area contributed by atoms with E-state index in [0.29, 0.717) is 33.4 Å². The highest BCUT2D eigenvalue weighted by Gasteiger charge is 2.13. The molecule has 0 atom stereocenters. The maximum absolute atomic E-state index is 6.16. The Morgan fingerprint density at radius 3 is 2.72 bits per heavy atom. The molecule has 130 valence electrons. The lowest BCUT2D eigenvalue weighted by Gasteiger charge is -2.07. The van der Waals surface area contributed by atoms with Crippen molar-refractivity contribution in [3.63, 3.8) is 0 Å². The van der Waals surface area contributed by atoms with E-state index >= 15 is 0 Å². The molecule has 0 amide bonds. The van der Waals surface area contributed by atoms with Gasteiger partial charge in [-0.05, 0) is 36.8 Å². The molecule has 25 heavy (non-hydrogen) atoms. The van der Waals surface area contributed by atoms with Crippen molar-refractivity contribution in [3.8, 4) is 17.1 Å². The fourth-order valence-corrected chi connectivity index (χ4v) is 3.36. The van der Waals surface area contributed by atoms with Gasteiger partial charge in [-0.25, -0.2) is 4.68 Å². The lowest BCUT2D eigenvalue weighted by molar-refractivity contribution is 0.340. The van der Waals surface area contributed by atoms with Crippen LogP contribution in [0.4, 0.5) is 0 Å². The number of benzene rings is 2. The molecule has 2 N–H and O–H groups in total. The number of rotatable bonds is 6. The monoisotopic (exact) mass is 394 g/mol. The molecule has 0 saturated heterocycles. The highest BCUT2D eigenvalue weighted by Crippen LogP contribution is 2.28. The molecule has 0 saturated carbocycles. The Morgan fingerprint density at radius 2 is 1.96 bits per heavy atom. The van der Waals surface area contributed by atoms with E-state index in [4.69, 9.17) is 33.8 Å². The van der Waals surface area contributed by atoms with Crippen LogP contribution in [0.15, 0.2) is 47.6 Å². The van der Waals surface area contributed by atoms with Crippen LogP contribution in [0.2, 0.25) is 10.0 Å². The van der Waals surface area contributed by atoms with Gasteiger partial charge in [0.1, 0.15) is 5.75 Å². The van der Waals surface area contributed by atoms with Crippen molar-refractivity contribution in [1.29, 1.82) is 0 Å². The number of halogens is 2. The minimum Gasteiger partial charge on any atom is -0.494 e. The van der Waals surface area contributed by atoms with Gasteiger partial charge in [0.2, 0.25) is 5.16 Å². The highest BCUT2D eigenvalue weighted by molar-refractivity contribution is 7.98. The van der Waals surface area contributed by atoms with E-state index in [-0.39, 0.29) is 0 Å². The van der Waals surface area contributed by atoms with Crippen LogP contribution in [-0.2, 0) is 5.75 Å². The van der Waals surface area contributed by atoms with Gasteiger partial charge in [-0.15, -0.1) is 10.2 Å². The predicted octanol–water partition coefficient (Wildman–Crippen LogP) is 4.66. The fourth-order valence-electron chi connectivity index (χ4n) is 2.24. The van der Waals surface area contributed by atoms with Crippen LogP contribution in [0, 0.1) is 0 Å². The molecule has 1 aromatic heterocycles. The Hall–Kier alpha value is -1.89. The first kappa shape index (κ1) is 17.9. The van der Waals surface area contributed by atoms with E-state index in [1.807, 2.05) is 43.3 Å². The molecule has 0 aliphatic carbocycles. The molecule has 0 aliphatic heterocycles. The highest BCUT2D eigenvalue weighted by atomic mass is 35.5. The topological polar surface area (TPSA) is 66.0 Å². The fraction of sp³-hybridized carbons (Fsp3) is 0.176. The maximum Gasteiger partial charge on any atom is 0.210 e. The van der Waals surface area contributed by atoms with E-state index in [2.05, 4.69) is 10.2 Å². The van der Waals surface area contributed by atoms with Gasteiger partial charge >= 0.3 is 0 Å². The molecule has 1 heterocycles. The summed E-state index contributed by atoms with van der Waals surface area (Å²) in [5.41, 5.74) is 1.88. The Balaban J connectivity index is 1.76. The normalized spacial score (nSPS) is 10.8. The van der Waals surface area contributed by atoms with E-state index in [9.17, 15) is 0 Å². The minimum absolute atomic E-state index is 0.530. The van der Waals surface area contributed by atoms with Crippen LogP contribution < -0.4 is 10.6 Å². The summed E-state index contributed by atoms with van der Waals surface area (Å²) in [4.78, 5) is 0. The van der Waals surface area contributed by atoms with Crippen molar-refractivity contribution in [3.05, 3.63) is 58.1 Å². The maximum atomic E-state index is 6.16. The zero-order valence-electron chi connectivity index (χ0n) is 13.4. The number of ether oxygens (including phenoxy) is 1. The molecule has 0 spiro atoms. The quantitative estimate of drug-likeness (QED) is 0.486. The van der Waals surface area contributed by atoms with Gasteiger partial charge < -0.3 is 10.6 Å². The number of hydrogen-bond donors (Lipinski definition) is 1. The second-order valence-corrected chi connectivity index (χ2v) is 6.93. The summed E-state index contributed by atoms with van der Waals surface area (Å²) >= 11 is 13.5. The smallest absolute Gasteiger partial charge is 0.210 e. The largest absolute Gasteiger partial charge is 0.494 e. The summed E-state index contributed by atoms with van der Waals surface area (Å²) in [5.74, 6) is 8.17. The standard InChI is InChI=1S/C17H16Cl2N4OS/c1-2-24-13-5-3-4-12(9-13)16-21-22-17(23(16)20)25-10-11-6-7-14(18)15(19)8-11/h3-9H,2,10,20H2,1H3. The van der Waals surface area contributed by atoms with Crippen molar-refractivity contribution in [2.75, 3.05) is 12.4 Å². The Labute approximate surface area is 160 Å². The molecule has 2 aromatic carbocycles. The van der Waals surface area contributed by atoms with Gasteiger partial charge in [0.15, 0.2) is 5.82 Å². The Morgan fingerprint density at radius 1 is 1.12 bits per heavy atom. The number of nitrogens with two attached hydrogens (primary N) is 1. The van der Waals surface area contributed by atoms with Gasteiger partial charge in [0.25, 0.3) is 0 Å². The van der Waals surface area contributed by atoms with Gasteiger partial charge in [-0.1, -0.05) is 53.2 Å². The van der Waals surface area contributed by atoms with Crippen LogP contribution in [-0.4, -0.2) is 21.5 Å². The zero-order chi connectivity index (χ0) is 17.8. The summed E-state index contributed by atoms with van der Waals surface area (Å²) in [5, 5.41) is 10.0. The molecule has 8 heteroatoms. The van der Waals surface area contributed by atoms with Crippen molar-refractivity contribution in [2.45, 2.75) is 17.8 Å². The lowest BCUT2D eigenvalue weighted by atomic mass is 10.2. The molecule has 0 radical (unpaired) electrons. The van der Waals surface area contributed by atoms with Crippen molar-refractivity contribution in [1.82, 2.24) is 14.9 Å². The van der Waals surface area contributed by atoms with Crippen LogP contribution in [0.5, 0.6) is 5.75 Å². The van der Waals surface area contributed by atoms with Crippen molar-refractivity contribution >= 4 is 35.0 Å². The summed E-state index contributed by atoms with van der Waals surface area (Å²) in [6.07, 6.45) is 0. The molecule has 0 aliphatic rings. The van der Waals surface area contributed by atoms with Crippen LogP contribution in [0.3, 0.4) is 0 Å². The summed E-state index contributed by atoms with van der Waals surface area (Å²) in [6.45, 7) is 2.54. The van der Waals surface area contributed by atoms with Gasteiger partial charge in [0.05, 0.1) is 16.7 Å². The molecular weight excluding hydrogens is 379 g/mol. The minimum atomic E-state index is 0.530. The third-order valence-corrected chi connectivity index (χ3v) is 5.17.